The minimum atomic E-state index is 0.389. The van der Waals surface area contributed by atoms with E-state index in [1.54, 1.807) is 25.6 Å². The van der Waals surface area contributed by atoms with Gasteiger partial charge in [-0.3, -0.25) is 4.98 Å². The molecule has 2 N–H and O–H groups in total. The van der Waals surface area contributed by atoms with Crippen LogP contribution in [0.25, 0.3) is 10.9 Å². The molecule has 0 aliphatic carbocycles. The number of methoxy groups -OCH3 is 1. The van der Waals surface area contributed by atoms with Gasteiger partial charge in [0, 0.05) is 53.7 Å². The summed E-state index contributed by atoms with van der Waals surface area (Å²) in [6.45, 7) is 2.67. The summed E-state index contributed by atoms with van der Waals surface area (Å²) < 4.78 is 11.4. The van der Waals surface area contributed by atoms with Crippen molar-refractivity contribution in [3.8, 4) is 11.5 Å². The molecule has 0 amide bonds. The average Bonchev–Trinajstić information content (AvgIpc) is 2.83. The molecule has 0 fully saturated rings. The zero-order valence-corrected chi connectivity index (χ0v) is 19.7. The van der Waals surface area contributed by atoms with E-state index in [4.69, 9.17) is 32.7 Å². The van der Waals surface area contributed by atoms with Crippen LogP contribution in [0, 0.1) is 0 Å². The Morgan fingerprint density at radius 1 is 0.879 bits per heavy atom. The van der Waals surface area contributed by atoms with Crippen molar-refractivity contribution in [2.24, 2.45) is 0 Å². The van der Waals surface area contributed by atoms with Crippen LogP contribution in [0.1, 0.15) is 11.1 Å². The van der Waals surface area contributed by atoms with Crippen LogP contribution in [0.4, 0.5) is 5.69 Å². The van der Waals surface area contributed by atoms with Crippen molar-refractivity contribution in [1.82, 2.24) is 15.3 Å². The number of halogens is 2. The highest BCUT2D eigenvalue weighted by atomic mass is 35.5. The molecule has 4 aromatic rings. The third-order valence-electron chi connectivity index (χ3n) is 5.06. The smallest absolute Gasteiger partial charge is 0.161 e. The van der Waals surface area contributed by atoms with Gasteiger partial charge in [-0.25, -0.2) is 4.98 Å². The molecule has 0 bridgehead atoms. The predicted octanol–water partition coefficient (Wildman–Crippen LogP) is 5.73. The van der Waals surface area contributed by atoms with Gasteiger partial charge in [-0.05, 0) is 48.0 Å². The number of fused-ring (bicyclic) bond motifs is 1. The number of hydrogen-bond acceptors (Lipinski definition) is 6. The Morgan fingerprint density at radius 2 is 1.76 bits per heavy atom. The molecular formula is C25H24Cl2N4O2. The zero-order valence-electron chi connectivity index (χ0n) is 18.1. The minimum absolute atomic E-state index is 0.389. The van der Waals surface area contributed by atoms with Crippen LogP contribution in [0.3, 0.4) is 0 Å². The monoisotopic (exact) mass is 482 g/mol. The molecule has 0 spiro atoms. The van der Waals surface area contributed by atoms with Gasteiger partial charge in [0.25, 0.3) is 0 Å². The third-order valence-corrected chi connectivity index (χ3v) is 5.52. The number of ether oxygens (including phenoxy) is 2. The number of pyridine rings is 2. The maximum atomic E-state index is 6.06. The average molecular weight is 483 g/mol. The number of aromatic nitrogens is 2. The molecule has 0 saturated carbocycles. The number of rotatable bonds is 10. The highest BCUT2D eigenvalue weighted by Gasteiger charge is 2.07. The molecule has 2 heterocycles. The van der Waals surface area contributed by atoms with Gasteiger partial charge in [-0.1, -0.05) is 35.3 Å². The maximum Gasteiger partial charge on any atom is 0.161 e. The number of benzene rings is 2. The first kappa shape index (κ1) is 23.1. The molecule has 2 aromatic carbocycles. The zero-order chi connectivity index (χ0) is 23.0. The third kappa shape index (κ3) is 6.26. The first-order valence-corrected chi connectivity index (χ1v) is 11.3. The predicted molar refractivity (Wildman–Crippen MR) is 134 cm³/mol. The van der Waals surface area contributed by atoms with Gasteiger partial charge >= 0.3 is 0 Å². The molecule has 0 saturated heterocycles. The van der Waals surface area contributed by atoms with Gasteiger partial charge in [-0.2, -0.15) is 0 Å². The van der Waals surface area contributed by atoms with Crippen molar-refractivity contribution in [3.63, 3.8) is 0 Å². The summed E-state index contributed by atoms with van der Waals surface area (Å²) in [5, 5.41) is 9.10. The first-order valence-electron chi connectivity index (χ1n) is 10.5. The molecule has 8 heteroatoms. The summed E-state index contributed by atoms with van der Waals surface area (Å²) in [6, 6.07) is 17.3. The molecule has 0 aliphatic heterocycles. The van der Waals surface area contributed by atoms with Crippen LogP contribution in [0.15, 0.2) is 67.0 Å². The topological polar surface area (TPSA) is 68.3 Å². The van der Waals surface area contributed by atoms with Crippen molar-refractivity contribution in [1.29, 1.82) is 0 Å². The van der Waals surface area contributed by atoms with Crippen LogP contribution < -0.4 is 20.1 Å². The van der Waals surface area contributed by atoms with Crippen molar-refractivity contribution in [2.45, 2.75) is 13.2 Å². The lowest BCUT2D eigenvalue weighted by Gasteiger charge is -2.13. The van der Waals surface area contributed by atoms with E-state index < -0.39 is 0 Å². The molecule has 0 aliphatic rings. The van der Waals surface area contributed by atoms with Gasteiger partial charge < -0.3 is 20.1 Å². The van der Waals surface area contributed by atoms with Crippen LogP contribution >= 0.6 is 23.2 Å². The van der Waals surface area contributed by atoms with Crippen LogP contribution in [0.2, 0.25) is 10.2 Å². The second-order valence-electron chi connectivity index (χ2n) is 7.39. The maximum absolute atomic E-state index is 6.06. The van der Waals surface area contributed by atoms with Crippen molar-refractivity contribution >= 4 is 39.8 Å². The Labute approximate surface area is 202 Å². The van der Waals surface area contributed by atoms with Crippen molar-refractivity contribution in [2.75, 3.05) is 25.5 Å². The molecule has 6 nitrogen and oxygen atoms in total. The lowest BCUT2D eigenvalue weighted by molar-refractivity contribution is 0.284. The molecule has 33 heavy (non-hydrogen) atoms. The molecular weight excluding hydrogens is 459 g/mol. The standard InChI is InChI=1S/C25H24Cl2N4O2/c1-32-24-12-17(2-6-23(24)33-16-18-3-7-25(27)31-15-18)14-28-10-11-30-21-8-9-29-22-13-19(26)4-5-20(21)22/h2-9,12-13,15,28H,10-11,14,16H2,1H3,(H,29,30). The molecule has 170 valence electrons. The summed E-state index contributed by atoms with van der Waals surface area (Å²) in [5.41, 5.74) is 3.96. The normalized spacial score (nSPS) is 10.9. The molecule has 0 unspecified atom stereocenters. The first-order chi connectivity index (χ1) is 16.1. The van der Waals surface area contributed by atoms with E-state index in [-0.39, 0.29) is 0 Å². The summed E-state index contributed by atoms with van der Waals surface area (Å²) in [4.78, 5) is 8.44. The van der Waals surface area contributed by atoms with E-state index in [2.05, 4.69) is 20.6 Å². The summed E-state index contributed by atoms with van der Waals surface area (Å²) in [5.74, 6) is 1.37. The lowest BCUT2D eigenvalue weighted by atomic mass is 10.2. The number of anilines is 1. The Hall–Kier alpha value is -3.06. The Bertz CT molecular complexity index is 1220. The molecule has 0 atom stereocenters. The summed E-state index contributed by atoms with van der Waals surface area (Å²) in [7, 11) is 1.64. The van der Waals surface area contributed by atoms with Gasteiger partial charge in [0.1, 0.15) is 11.8 Å². The van der Waals surface area contributed by atoms with E-state index in [1.165, 1.54) is 0 Å². The van der Waals surface area contributed by atoms with Crippen molar-refractivity contribution in [3.05, 3.63) is 88.3 Å². The van der Waals surface area contributed by atoms with Crippen molar-refractivity contribution < 1.29 is 9.47 Å². The highest BCUT2D eigenvalue weighted by molar-refractivity contribution is 6.31. The SMILES string of the molecule is COc1cc(CNCCNc2ccnc3cc(Cl)ccc23)ccc1OCc1ccc(Cl)nc1. The minimum Gasteiger partial charge on any atom is -0.493 e. The van der Waals surface area contributed by atoms with E-state index >= 15 is 0 Å². The molecule has 2 aromatic heterocycles. The summed E-state index contributed by atoms with van der Waals surface area (Å²) >= 11 is 11.9. The Balaban J connectivity index is 1.27. The van der Waals surface area contributed by atoms with E-state index in [9.17, 15) is 0 Å². The Kier molecular flexibility index (Phi) is 7.83. The van der Waals surface area contributed by atoms with Gasteiger partial charge in [-0.15, -0.1) is 0 Å². The van der Waals surface area contributed by atoms with Crippen LogP contribution in [0.5, 0.6) is 11.5 Å². The van der Waals surface area contributed by atoms with Gasteiger partial charge in [0.05, 0.1) is 12.6 Å². The number of nitrogens with zero attached hydrogens (tertiary/aromatic N) is 2. The van der Waals surface area contributed by atoms with E-state index in [1.807, 2.05) is 48.5 Å². The lowest BCUT2D eigenvalue weighted by Crippen LogP contribution is -2.21. The fourth-order valence-electron chi connectivity index (χ4n) is 3.39. The quantitative estimate of drug-likeness (QED) is 0.222. The fraction of sp³-hybridized carbons (Fsp3) is 0.200. The fourth-order valence-corrected chi connectivity index (χ4v) is 3.67. The highest BCUT2D eigenvalue weighted by Crippen LogP contribution is 2.29. The van der Waals surface area contributed by atoms with E-state index in [0.29, 0.717) is 34.8 Å². The largest absolute Gasteiger partial charge is 0.493 e. The molecule has 0 radical (unpaired) electrons. The number of hydrogen-bond donors (Lipinski definition) is 2. The summed E-state index contributed by atoms with van der Waals surface area (Å²) in [6.07, 6.45) is 3.48. The van der Waals surface area contributed by atoms with Gasteiger partial charge in [0.15, 0.2) is 11.5 Å². The van der Waals surface area contributed by atoms with Crippen LogP contribution in [-0.2, 0) is 13.2 Å². The second-order valence-corrected chi connectivity index (χ2v) is 8.21. The number of nitrogens with one attached hydrogen (secondary N) is 2. The second kappa shape index (κ2) is 11.2. The Morgan fingerprint density at radius 3 is 2.58 bits per heavy atom. The van der Waals surface area contributed by atoms with Gasteiger partial charge in [0.2, 0.25) is 0 Å². The van der Waals surface area contributed by atoms with Crippen LogP contribution in [-0.4, -0.2) is 30.2 Å². The molecule has 4 rings (SSSR count). The van der Waals surface area contributed by atoms with E-state index in [0.717, 1.165) is 40.8 Å².